The first-order chi connectivity index (χ1) is 16.2. The Hall–Kier alpha value is -3.34. The monoisotopic (exact) mass is 534 g/mol. The van der Waals surface area contributed by atoms with Crippen LogP contribution < -0.4 is 20.5 Å². The van der Waals surface area contributed by atoms with Crippen LogP contribution in [0, 0.1) is 5.82 Å². The zero-order chi connectivity index (χ0) is 25.9. The summed E-state index contributed by atoms with van der Waals surface area (Å²) in [6.45, 7) is -0.362. The number of sulfonamides is 2. The molecule has 3 aromatic rings. The average molecular weight is 535 g/mol. The number of nitrogens with two attached hydrogens (primary N) is 1. The van der Waals surface area contributed by atoms with Crippen LogP contribution in [-0.4, -0.2) is 38.7 Å². The van der Waals surface area contributed by atoms with Crippen molar-refractivity contribution in [2.75, 3.05) is 16.4 Å². The number of aromatic nitrogens is 2. The van der Waals surface area contributed by atoms with Gasteiger partial charge < -0.3 is 10.6 Å². The first-order valence-electron chi connectivity index (χ1n) is 9.53. The molecule has 0 saturated heterocycles. The second kappa shape index (κ2) is 10.1. The third kappa shape index (κ3) is 8.13. The van der Waals surface area contributed by atoms with Crippen molar-refractivity contribution in [3.63, 3.8) is 0 Å². The van der Waals surface area contributed by atoms with E-state index in [0.29, 0.717) is 16.9 Å². The standard InChI is InChI=1S/C19H18F4N6O4S2/c20-16-10-25-18(28-14-5-7-15(8-6-14)35(24,32)33)29-17(16)27-13-3-1-12(2-4-13)9-26-34(30,31)11-19(21,22)23/h1-8,10,26H,9,11H2,(H2,24,32,33)(H2,25,27,28,29). The molecule has 1 aromatic heterocycles. The molecule has 188 valence electrons. The van der Waals surface area contributed by atoms with Gasteiger partial charge in [0.2, 0.25) is 26.0 Å². The second-order valence-electron chi connectivity index (χ2n) is 7.10. The van der Waals surface area contributed by atoms with Gasteiger partial charge in [0.25, 0.3) is 0 Å². The molecular weight excluding hydrogens is 516 g/mol. The van der Waals surface area contributed by atoms with E-state index < -0.39 is 37.8 Å². The predicted molar refractivity (Wildman–Crippen MR) is 119 cm³/mol. The van der Waals surface area contributed by atoms with Crippen molar-refractivity contribution in [3.8, 4) is 0 Å². The minimum atomic E-state index is -4.86. The smallest absolute Gasteiger partial charge is 0.338 e. The number of hydrogen-bond acceptors (Lipinski definition) is 8. The lowest BCUT2D eigenvalue weighted by Gasteiger charge is -2.11. The molecule has 0 spiro atoms. The van der Waals surface area contributed by atoms with E-state index in [9.17, 15) is 34.4 Å². The molecule has 16 heteroatoms. The summed E-state index contributed by atoms with van der Waals surface area (Å²) in [7, 11) is -8.40. The van der Waals surface area contributed by atoms with Gasteiger partial charge in [0.15, 0.2) is 17.4 Å². The maximum absolute atomic E-state index is 14.2. The number of hydrogen-bond donors (Lipinski definition) is 4. The van der Waals surface area contributed by atoms with Crippen LogP contribution in [0.3, 0.4) is 0 Å². The van der Waals surface area contributed by atoms with Crippen LogP contribution in [-0.2, 0) is 26.6 Å². The predicted octanol–water partition coefficient (Wildman–Crippen LogP) is 2.73. The molecule has 0 bridgehead atoms. The van der Waals surface area contributed by atoms with E-state index in [2.05, 4.69) is 20.6 Å². The highest BCUT2D eigenvalue weighted by Gasteiger charge is 2.34. The summed E-state index contributed by atoms with van der Waals surface area (Å²) in [5.74, 6) is -2.99. The maximum atomic E-state index is 14.2. The second-order valence-corrected chi connectivity index (χ2v) is 10.5. The normalized spacial score (nSPS) is 12.4. The molecule has 0 aliphatic carbocycles. The van der Waals surface area contributed by atoms with E-state index in [1.165, 1.54) is 48.5 Å². The molecule has 0 saturated carbocycles. The molecule has 1 heterocycles. The van der Waals surface area contributed by atoms with Gasteiger partial charge in [-0.3, -0.25) is 0 Å². The largest absolute Gasteiger partial charge is 0.404 e. The molecule has 0 amide bonds. The third-order valence-corrected chi connectivity index (χ3v) is 6.47. The fourth-order valence-electron chi connectivity index (χ4n) is 2.67. The van der Waals surface area contributed by atoms with Crippen molar-refractivity contribution in [3.05, 3.63) is 66.1 Å². The van der Waals surface area contributed by atoms with E-state index in [0.717, 1.165) is 6.20 Å². The van der Waals surface area contributed by atoms with Crippen LogP contribution in [0.25, 0.3) is 0 Å². The number of benzene rings is 2. The molecule has 35 heavy (non-hydrogen) atoms. The van der Waals surface area contributed by atoms with E-state index in [1.54, 1.807) is 0 Å². The van der Waals surface area contributed by atoms with Crippen LogP contribution in [0.1, 0.15) is 5.56 Å². The Bertz CT molecular complexity index is 1400. The molecule has 0 aliphatic rings. The summed E-state index contributed by atoms with van der Waals surface area (Å²) in [5, 5.41) is 10.5. The van der Waals surface area contributed by atoms with E-state index in [-0.39, 0.29) is 23.2 Å². The Morgan fingerprint density at radius 2 is 1.46 bits per heavy atom. The number of rotatable bonds is 9. The van der Waals surface area contributed by atoms with Gasteiger partial charge in [-0.05, 0) is 42.0 Å². The minimum absolute atomic E-state index is 0.00653. The molecule has 0 unspecified atom stereocenters. The van der Waals surface area contributed by atoms with Gasteiger partial charge in [0.05, 0.1) is 11.1 Å². The molecule has 2 aromatic carbocycles. The Kier molecular flexibility index (Phi) is 7.59. The van der Waals surface area contributed by atoms with Crippen molar-refractivity contribution in [2.24, 2.45) is 5.14 Å². The third-order valence-electron chi connectivity index (χ3n) is 4.25. The molecule has 0 aliphatic heterocycles. The number of anilines is 4. The minimum Gasteiger partial charge on any atom is -0.338 e. The highest BCUT2D eigenvalue weighted by Crippen LogP contribution is 2.22. The zero-order valence-electron chi connectivity index (χ0n) is 17.5. The summed E-state index contributed by atoms with van der Waals surface area (Å²) in [4.78, 5) is 7.72. The van der Waals surface area contributed by atoms with Crippen LogP contribution in [0.15, 0.2) is 59.6 Å². The number of primary sulfonamides is 1. The number of nitrogens with one attached hydrogen (secondary N) is 3. The first-order valence-corrected chi connectivity index (χ1v) is 12.7. The number of alkyl halides is 3. The van der Waals surface area contributed by atoms with Gasteiger partial charge in [0.1, 0.15) is 0 Å². The molecule has 0 fully saturated rings. The lowest BCUT2D eigenvalue weighted by molar-refractivity contribution is -0.106. The van der Waals surface area contributed by atoms with Crippen molar-refractivity contribution in [1.82, 2.24) is 14.7 Å². The van der Waals surface area contributed by atoms with Gasteiger partial charge in [-0.15, -0.1) is 0 Å². The maximum Gasteiger partial charge on any atom is 0.404 e. The van der Waals surface area contributed by atoms with Crippen LogP contribution in [0.5, 0.6) is 0 Å². The summed E-state index contributed by atoms with van der Waals surface area (Å²) < 4.78 is 98.4. The van der Waals surface area contributed by atoms with Gasteiger partial charge in [0, 0.05) is 17.9 Å². The highest BCUT2D eigenvalue weighted by atomic mass is 32.2. The van der Waals surface area contributed by atoms with Gasteiger partial charge in [-0.1, -0.05) is 12.1 Å². The highest BCUT2D eigenvalue weighted by molar-refractivity contribution is 7.89. The summed E-state index contributed by atoms with van der Waals surface area (Å²) in [6.07, 6.45) is -3.95. The summed E-state index contributed by atoms with van der Waals surface area (Å²) in [6, 6.07) is 11.1. The van der Waals surface area contributed by atoms with Crippen LogP contribution in [0.4, 0.5) is 40.7 Å². The van der Waals surface area contributed by atoms with Crippen LogP contribution in [0.2, 0.25) is 0 Å². The average Bonchev–Trinajstić information content (AvgIpc) is 2.74. The van der Waals surface area contributed by atoms with Gasteiger partial charge in [-0.2, -0.15) is 18.2 Å². The molecule has 5 N–H and O–H groups in total. The quantitative estimate of drug-likeness (QED) is 0.305. The van der Waals surface area contributed by atoms with E-state index >= 15 is 0 Å². The zero-order valence-corrected chi connectivity index (χ0v) is 19.2. The lowest BCUT2D eigenvalue weighted by Crippen LogP contribution is -2.33. The van der Waals surface area contributed by atoms with Crippen molar-refractivity contribution in [1.29, 1.82) is 0 Å². The molecule has 10 nitrogen and oxygen atoms in total. The fraction of sp³-hybridized carbons (Fsp3) is 0.158. The summed E-state index contributed by atoms with van der Waals surface area (Å²) >= 11 is 0. The number of nitrogens with zero attached hydrogens (tertiary/aromatic N) is 2. The Morgan fingerprint density at radius 1 is 0.886 bits per heavy atom. The molecular formula is C19H18F4N6O4S2. The first kappa shape index (κ1) is 26.3. The SMILES string of the molecule is NS(=O)(=O)c1ccc(Nc2ncc(F)c(Nc3ccc(CNS(=O)(=O)CC(F)(F)F)cc3)n2)cc1. The van der Waals surface area contributed by atoms with Gasteiger partial charge in [-0.25, -0.2) is 36.1 Å². The van der Waals surface area contributed by atoms with E-state index in [1.807, 2.05) is 4.72 Å². The Balaban J connectivity index is 1.65. The van der Waals surface area contributed by atoms with Gasteiger partial charge >= 0.3 is 6.18 Å². The van der Waals surface area contributed by atoms with Crippen molar-refractivity contribution < 1.29 is 34.4 Å². The Morgan fingerprint density at radius 3 is 2.03 bits per heavy atom. The Labute approximate surface area is 197 Å². The number of halogens is 4. The molecule has 0 radical (unpaired) electrons. The van der Waals surface area contributed by atoms with E-state index in [4.69, 9.17) is 5.14 Å². The topological polar surface area (TPSA) is 156 Å². The molecule has 3 rings (SSSR count). The fourth-order valence-corrected chi connectivity index (χ4v) is 4.11. The van der Waals surface area contributed by atoms with Crippen LogP contribution >= 0.6 is 0 Å². The van der Waals surface area contributed by atoms with Crippen molar-refractivity contribution in [2.45, 2.75) is 17.6 Å². The molecule has 0 atom stereocenters. The summed E-state index contributed by atoms with van der Waals surface area (Å²) in [5.41, 5.74) is 1.13. The lowest BCUT2D eigenvalue weighted by atomic mass is 10.2. The van der Waals surface area contributed by atoms with Crippen molar-refractivity contribution >= 4 is 43.2 Å².